The first-order chi connectivity index (χ1) is 12.1. The van der Waals surface area contributed by atoms with E-state index in [1.807, 2.05) is 60.7 Å². The molecule has 0 aliphatic heterocycles. The molecule has 0 bridgehead atoms. The van der Waals surface area contributed by atoms with Crippen LogP contribution < -0.4 is 10.6 Å². The zero-order valence-corrected chi connectivity index (χ0v) is 14.7. The fourth-order valence-corrected chi connectivity index (χ4v) is 2.62. The molecule has 0 atom stereocenters. The van der Waals surface area contributed by atoms with Crippen molar-refractivity contribution < 1.29 is 9.90 Å². The van der Waals surface area contributed by atoms with Gasteiger partial charge in [0.2, 0.25) is 5.95 Å². The fraction of sp³-hybridized carbons (Fsp3) is 0.0556. The molecule has 3 aromatic rings. The third-order valence-corrected chi connectivity index (χ3v) is 3.78. The summed E-state index contributed by atoms with van der Waals surface area (Å²) >= 11 is 3.43. The van der Waals surface area contributed by atoms with Gasteiger partial charge in [0.1, 0.15) is 12.4 Å². The third kappa shape index (κ3) is 4.77. The summed E-state index contributed by atoms with van der Waals surface area (Å²) in [7, 11) is 0. The smallest absolute Gasteiger partial charge is 0.322 e. The van der Waals surface area contributed by atoms with Gasteiger partial charge in [-0.3, -0.25) is 4.79 Å². The first-order valence-electron chi connectivity index (χ1n) is 7.53. The average Bonchev–Trinajstić information content (AvgIpc) is 2.60. The van der Waals surface area contributed by atoms with E-state index < -0.39 is 5.97 Å². The fourth-order valence-electron chi connectivity index (χ4n) is 2.22. The Morgan fingerprint density at radius 1 is 1.04 bits per heavy atom. The monoisotopic (exact) mass is 398 g/mol. The minimum atomic E-state index is -0.977. The topological polar surface area (TPSA) is 87.1 Å². The summed E-state index contributed by atoms with van der Waals surface area (Å²) in [5, 5.41) is 14.8. The number of carboxylic acids is 1. The molecule has 0 unspecified atom stereocenters. The molecular weight excluding hydrogens is 384 g/mol. The average molecular weight is 399 g/mol. The Morgan fingerprint density at radius 3 is 2.56 bits per heavy atom. The highest BCUT2D eigenvalue weighted by molar-refractivity contribution is 9.10. The minimum absolute atomic E-state index is 0.251. The van der Waals surface area contributed by atoms with Crippen LogP contribution in [0.5, 0.6) is 0 Å². The Hall–Kier alpha value is -2.93. The number of anilines is 3. The van der Waals surface area contributed by atoms with Crippen molar-refractivity contribution in [3.8, 4) is 11.3 Å². The molecule has 1 aromatic heterocycles. The number of hydrogen-bond donors (Lipinski definition) is 3. The SMILES string of the molecule is O=C(O)CNc1nc(Nc2cccc(Br)c2)cc(-c2ccccc2)n1. The number of benzene rings is 2. The zero-order chi connectivity index (χ0) is 17.6. The van der Waals surface area contributed by atoms with Crippen LogP contribution in [-0.2, 0) is 4.79 Å². The van der Waals surface area contributed by atoms with Gasteiger partial charge in [0.25, 0.3) is 0 Å². The minimum Gasteiger partial charge on any atom is -0.480 e. The van der Waals surface area contributed by atoms with Gasteiger partial charge in [-0.05, 0) is 18.2 Å². The first kappa shape index (κ1) is 16.9. The van der Waals surface area contributed by atoms with E-state index in [1.54, 1.807) is 0 Å². The van der Waals surface area contributed by atoms with Crippen molar-refractivity contribution in [2.75, 3.05) is 17.2 Å². The van der Waals surface area contributed by atoms with Gasteiger partial charge in [-0.15, -0.1) is 0 Å². The van der Waals surface area contributed by atoms with Crippen molar-refractivity contribution in [3.05, 3.63) is 65.1 Å². The number of halogens is 1. The van der Waals surface area contributed by atoms with Crippen molar-refractivity contribution in [3.63, 3.8) is 0 Å². The second kappa shape index (κ2) is 7.76. The summed E-state index contributed by atoms with van der Waals surface area (Å²) in [6.07, 6.45) is 0. The van der Waals surface area contributed by atoms with Crippen LogP contribution in [0.1, 0.15) is 0 Å². The predicted octanol–water partition coefficient (Wildman–Crippen LogP) is 4.15. The maximum atomic E-state index is 10.8. The Bertz CT molecular complexity index is 887. The van der Waals surface area contributed by atoms with Crippen LogP contribution >= 0.6 is 15.9 Å². The van der Waals surface area contributed by atoms with Gasteiger partial charge in [-0.1, -0.05) is 52.3 Å². The van der Waals surface area contributed by atoms with E-state index in [9.17, 15) is 4.79 Å². The van der Waals surface area contributed by atoms with E-state index in [2.05, 4.69) is 36.5 Å². The number of carbonyl (C=O) groups is 1. The first-order valence-corrected chi connectivity index (χ1v) is 8.32. The maximum absolute atomic E-state index is 10.8. The molecule has 3 rings (SSSR count). The highest BCUT2D eigenvalue weighted by Gasteiger charge is 2.08. The largest absolute Gasteiger partial charge is 0.480 e. The number of hydrogen-bond acceptors (Lipinski definition) is 5. The van der Waals surface area contributed by atoms with Gasteiger partial charge in [0.15, 0.2) is 0 Å². The standard InChI is InChI=1S/C18H15BrN4O2/c19-13-7-4-8-14(9-13)21-16-10-15(12-5-2-1-3-6-12)22-18(23-16)20-11-17(24)25/h1-10H,11H2,(H,24,25)(H2,20,21,22,23). The van der Waals surface area contributed by atoms with E-state index in [-0.39, 0.29) is 12.5 Å². The number of aromatic nitrogens is 2. The van der Waals surface area contributed by atoms with Crippen molar-refractivity contribution >= 4 is 39.4 Å². The Labute approximate surface area is 153 Å². The summed E-state index contributed by atoms with van der Waals surface area (Å²) < 4.78 is 0.944. The number of nitrogens with one attached hydrogen (secondary N) is 2. The van der Waals surface area contributed by atoms with Crippen molar-refractivity contribution in [1.82, 2.24) is 9.97 Å². The second-order valence-electron chi connectivity index (χ2n) is 5.21. The van der Waals surface area contributed by atoms with Gasteiger partial charge in [0, 0.05) is 21.8 Å². The Kier molecular flexibility index (Phi) is 5.25. The van der Waals surface area contributed by atoms with E-state index in [0.717, 1.165) is 15.7 Å². The van der Waals surface area contributed by atoms with Gasteiger partial charge in [0.05, 0.1) is 5.69 Å². The molecule has 126 valence electrons. The second-order valence-corrected chi connectivity index (χ2v) is 6.13. The normalized spacial score (nSPS) is 10.3. The van der Waals surface area contributed by atoms with Crippen LogP contribution in [0, 0.1) is 0 Å². The van der Waals surface area contributed by atoms with E-state index in [4.69, 9.17) is 5.11 Å². The van der Waals surface area contributed by atoms with Gasteiger partial charge < -0.3 is 15.7 Å². The lowest BCUT2D eigenvalue weighted by molar-refractivity contribution is -0.134. The Morgan fingerprint density at radius 2 is 1.84 bits per heavy atom. The third-order valence-electron chi connectivity index (χ3n) is 3.29. The molecule has 0 saturated heterocycles. The molecule has 0 radical (unpaired) electrons. The predicted molar refractivity (Wildman–Crippen MR) is 101 cm³/mol. The van der Waals surface area contributed by atoms with Crippen molar-refractivity contribution in [2.24, 2.45) is 0 Å². The summed E-state index contributed by atoms with van der Waals surface area (Å²) in [5.41, 5.74) is 2.47. The molecule has 0 aliphatic rings. The Balaban J connectivity index is 1.95. The molecule has 7 heteroatoms. The van der Waals surface area contributed by atoms with Gasteiger partial charge in [-0.25, -0.2) is 4.98 Å². The number of rotatable bonds is 6. The maximum Gasteiger partial charge on any atom is 0.322 e. The summed E-state index contributed by atoms with van der Waals surface area (Å²) in [4.78, 5) is 19.5. The van der Waals surface area contributed by atoms with Crippen molar-refractivity contribution in [1.29, 1.82) is 0 Å². The molecule has 2 aromatic carbocycles. The van der Waals surface area contributed by atoms with Crippen LogP contribution in [-0.4, -0.2) is 27.6 Å². The number of carboxylic acid groups (broad SMARTS) is 1. The molecule has 1 heterocycles. The molecule has 0 fully saturated rings. The van der Waals surface area contributed by atoms with E-state index >= 15 is 0 Å². The summed E-state index contributed by atoms with van der Waals surface area (Å²) in [6, 6.07) is 19.1. The van der Waals surface area contributed by atoms with E-state index in [0.29, 0.717) is 11.5 Å². The van der Waals surface area contributed by atoms with Crippen LogP contribution in [0.25, 0.3) is 11.3 Å². The highest BCUT2D eigenvalue weighted by Crippen LogP contribution is 2.24. The highest BCUT2D eigenvalue weighted by atomic mass is 79.9. The quantitative estimate of drug-likeness (QED) is 0.578. The van der Waals surface area contributed by atoms with Crippen LogP contribution in [0.4, 0.5) is 17.5 Å². The van der Waals surface area contributed by atoms with Crippen LogP contribution in [0.15, 0.2) is 65.1 Å². The van der Waals surface area contributed by atoms with Crippen LogP contribution in [0.2, 0.25) is 0 Å². The zero-order valence-electron chi connectivity index (χ0n) is 13.1. The lowest BCUT2D eigenvalue weighted by atomic mass is 10.1. The number of aliphatic carboxylic acids is 1. The lowest BCUT2D eigenvalue weighted by Gasteiger charge is -2.11. The molecular formula is C18H15BrN4O2. The molecule has 0 saturated carbocycles. The van der Waals surface area contributed by atoms with Gasteiger partial charge >= 0.3 is 5.97 Å². The molecule has 0 aliphatic carbocycles. The number of nitrogens with zero attached hydrogens (tertiary/aromatic N) is 2. The molecule has 6 nitrogen and oxygen atoms in total. The summed E-state index contributed by atoms with van der Waals surface area (Å²) in [5.74, 6) is -0.156. The molecule has 3 N–H and O–H groups in total. The van der Waals surface area contributed by atoms with Crippen molar-refractivity contribution in [2.45, 2.75) is 0 Å². The molecule has 0 amide bonds. The molecule has 25 heavy (non-hydrogen) atoms. The van der Waals surface area contributed by atoms with E-state index in [1.165, 1.54) is 0 Å². The lowest BCUT2D eigenvalue weighted by Crippen LogP contribution is -2.15. The van der Waals surface area contributed by atoms with Gasteiger partial charge in [-0.2, -0.15) is 4.98 Å². The molecule has 0 spiro atoms. The summed E-state index contributed by atoms with van der Waals surface area (Å²) in [6.45, 7) is -0.255. The van der Waals surface area contributed by atoms with Crippen LogP contribution in [0.3, 0.4) is 0 Å².